The molecule has 0 fully saturated rings. The van der Waals surface area contributed by atoms with Crippen LogP contribution in [0, 0.1) is 13.8 Å². The summed E-state index contributed by atoms with van der Waals surface area (Å²) in [6.45, 7) is 6.51. The van der Waals surface area contributed by atoms with E-state index in [0.29, 0.717) is 6.61 Å². The molecule has 2 aromatic carbocycles. The summed E-state index contributed by atoms with van der Waals surface area (Å²) in [5.41, 5.74) is 1.89. The number of nitrogens with zero attached hydrogens (tertiary/aromatic N) is 1. The van der Waals surface area contributed by atoms with Crippen LogP contribution in [-0.4, -0.2) is 13.7 Å². The number of hydrogen-bond acceptors (Lipinski definition) is 5. The van der Waals surface area contributed by atoms with E-state index in [-0.39, 0.29) is 0 Å². The molecule has 0 atom stereocenters. The summed E-state index contributed by atoms with van der Waals surface area (Å²) >= 11 is 1.70. The van der Waals surface area contributed by atoms with Gasteiger partial charge < -0.3 is 13.9 Å². The van der Waals surface area contributed by atoms with Crippen LogP contribution in [0.2, 0.25) is 0 Å². The molecule has 0 bridgehead atoms. The molecule has 0 amide bonds. The highest BCUT2D eigenvalue weighted by Crippen LogP contribution is 2.35. The summed E-state index contributed by atoms with van der Waals surface area (Å²) in [6, 6.07) is 16.1. The van der Waals surface area contributed by atoms with Gasteiger partial charge in [0.15, 0.2) is 0 Å². The van der Waals surface area contributed by atoms with Crippen molar-refractivity contribution < 1.29 is 13.9 Å². The highest BCUT2D eigenvalue weighted by atomic mass is 32.1. The highest BCUT2D eigenvalue weighted by Gasteiger charge is 2.16. The lowest BCUT2D eigenvalue weighted by molar-refractivity contribution is 0.344. The molecule has 0 saturated carbocycles. The van der Waals surface area contributed by atoms with Gasteiger partial charge in [0.1, 0.15) is 23.0 Å². The Hall–Kier alpha value is -3.05. The van der Waals surface area contributed by atoms with Gasteiger partial charge in [0.25, 0.3) is 0 Å². The van der Waals surface area contributed by atoms with Gasteiger partial charge in [-0.15, -0.1) is 11.3 Å². The molecule has 5 heteroatoms. The summed E-state index contributed by atoms with van der Waals surface area (Å²) in [4.78, 5) is 6.14. The topological polar surface area (TPSA) is 44.0 Å². The van der Waals surface area contributed by atoms with Gasteiger partial charge in [-0.2, -0.15) is 0 Å². The third-order valence-electron chi connectivity index (χ3n) is 4.75. The fourth-order valence-corrected chi connectivity index (χ4v) is 4.24. The number of benzene rings is 1. The number of rotatable bonds is 5. The molecule has 0 aliphatic rings. The molecule has 0 unspecified atom stereocenters. The number of ether oxygens (including phenoxy) is 2. The molecule has 4 nitrogen and oxygen atoms in total. The molecule has 0 N–H and O–H groups in total. The standard InChI is InChI=1S/C24H23NO3S/c1-5-27-21-13-17(22-10-7-11-29-22)12-20(23-15(2)28-16(3)24(21)23)25-18-8-6-9-19(14-18)26-4/h6-14H,5H2,1-4H3. The van der Waals surface area contributed by atoms with Gasteiger partial charge in [0, 0.05) is 10.9 Å². The minimum atomic E-state index is 0.578. The van der Waals surface area contributed by atoms with Crippen LogP contribution < -0.4 is 14.8 Å². The Morgan fingerprint density at radius 3 is 2.55 bits per heavy atom. The molecule has 0 aliphatic heterocycles. The first-order valence-corrected chi connectivity index (χ1v) is 10.4. The maximum atomic E-state index is 6.04. The van der Waals surface area contributed by atoms with E-state index in [1.54, 1.807) is 18.4 Å². The van der Waals surface area contributed by atoms with Crippen molar-refractivity contribution in [3.63, 3.8) is 0 Å². The van der Waals surface area contributed by atoms with E-state index in [4.69, 9.17) is 18.9 Å². The molecule has 0 spiro atoms. The quantitative estimate of drug-likeness (QED) is 0.385. The fraction of sp³-hybridized carbons (Fsp3) is 0.208. The Kier molecular flexibility index (Phi) is 5.41. The van der Waals surface area contributed by atoms with E-state index in [1.807, 2.05) is 45.0 Å². The molecule has 148 valence electrons. The minimum Gasteiger partial charge on any atom is -0.497 e. The predicted molar refractivity (Wildman–Crippen MR) is 118 cm³/mol. The van der Waals surface area contributed by atoms with Crippen LogP contribution in [0.5, 0.6) is 11.5 Å². The van der Waals surface area contributed by atoms with Crippen molar-refractivity contribution in [2.24, 2.45) is 4.99 Å². The van der Waals surface area contributed by atoms with E-state index in [2.05, 4.69) is 29.6 Å². The monoisotopic (exact) mass is 405 g/mol. The molecule has 29 heavy (non-hydrogen) atoms. The number of methoxy groups -OCH3 is 1. The summed E-state index contributed by atoms with van der Waals surface area (Å²) in [5.74, 6) is 3.24. The van der Waals surface area contributed by atoms with Gasteiger partial charge in [0.05, 0.1) is 35.5 Å². The van der Waals surface area contributed by atoms with E-state index in [1.165, 1.54) is 0 Å². The van der Waals surface area contributed by atoms with Gasteiger partial charge >= 0.3 is 0 Å². The highest BCUT2D eigenvalue weighted by molar-refractivity contribution is 7.13. The third kappa shape index (κ3) is 3.78. The van der Waals surface area contributed by atoms with Gasteiger partial charge in [-0.25, -0.2) is 4.99 Å². The van der Waals surface area contributed by atoms with Crippen molar-refractivity contribution in [3.05, 3.63) is 70.8 Å². The normalized spacial score (nSPS) is 11.8. The number of aryl methyl sites for hydroxylation is 2. The fourth-order valence-electron chi connectivity index (χ4n) is 3.53. The summed E-state index contributed by atoms with van der Waals surface area (Å²) in [5, 5.41) is 4.86. The molecular formula is C24H23NO3S. The van der Waals surface area contributed by atoms with E-state index >= 15 is 0 Å². The van der Waals surface area contributed by atoms with Crippen LogP contribution in [0.25, 0.3) is 21.2 Å². The van der Waals surface area contributed by atoms with Crippen LogP contribution in [-0.2, 0) is 0 Å². The first-order chi connectivity index (χ1) is 14.1. The van der Waals surface area contributed by atoms with Crippen molar-refractivity contribution in [2.75, 3.05) is 13.7 Å². The third-order valence-corrected chi connectivity index (χ3v) is 5.67. The molecule has 4 aromatic rings. The molecule has 2 aromatic heterocycles. The molecule has 0 saturated heterocycles. The molecule has 2 heterocycles. The lowest BCUT2D eigenvalue weighted by atomic mass is 10.2. The van der Waals surface area contributed by atoms with Gasteiger partial charge in [0.2, 0.25) is 0 Å². The van der Waals surface area contributed by atoms with Crippen molar-refractivity contribution in [3.8, 4) is 21.9 Å². The average Bonchev–Trinajstić information content (AvgIpc) is 3.30. The Balaban J connectivity index is 2.12. The van der Waals surface area contributed by atoms with Gasteiger partial charge in [-0.3, -0.25) is 0 Å². The molecular weight excluding hydrogens is 382 g/mol. The molecule has 0 aliphatic carbocycles. The first kappa shape index (κ1) is 19.3. The number of fused-ring (bicyclic) bond motifs is 1. The van der Waals surface area contributed by atoms with E-state index < -0.39 is 0 Å². The summed E-state index contributed by atoms with van der Waals surface area (Å²) in [7, 11) is 1.66. The Morgan fingerprint density at radius 2 is 1.83 bits per heavy atom. The van der Waals surface area contributed by atoms with Crippen molar-refractivity contribution in [1.29, 1.82) is 0 Å². The van der Waals surface area contributed by atoms with Gasteiger partial charge in [-0.05, 0) is 62.0 Å². The molecule has 4 rings (SSSR count). The minimum absolute atomic E-state index is 0.578. The average molecular weight is 406 g/mol. The zero-order valence-electron chi connectivity index (χ0n) is 17.0. The second-order valence-electron chi connectivity index (χ2n) is 6.68. The SMILES string of the molecule is CCOc1cc(-c2cccs2)cc(=Nc2cccc(OC)c2)c2c(C)oc(C)c12. The smallest absolute Gasteiger partial charge is 0.131 e. The number of furan rings is 1. The van der Waals surface area contributed by atoms with Gasteiger partial charge in [-0.1, -0.05) is 12.1 Å². The van der Waals surface area contributed by atoms with E-state index in [9.17, 15) is 0 Å². The lowest BCUT2D eigenvalue weighted by Gasteiger charge is -2.03. The van der Waals surface area contributed by atoms with Crippen molar-refractivity contribution in [2.45, 2.75) is 20.8 Å². The Labute approximate surface area is 174 Å². The Bertz CT molecular complexity index is 1220. The van der Waals surface area contributed by atoms with Crippen LogP contribution >= 0.6 is 11.3 Å². The van der Waals surface area contributed by atoms with Crippen LogP contribution in [0.3, 0.4) is 0 Å². The predicted octanol–water partition coefficient (Wildman–Crippen LogP) is 6.42. The maximum absolute atomic E-state index is 6.04. The Morgan fingerprint density at radius 1 is 1.00 bits per heavy atom. The zero-order chi connectivity index (χ0) is 20.4. The maximum Gasteiger partial charge on any atom is 0.131 e. The lowest BCUT2D eigenvalue weighted by Crippen LogP contribution is -2.00. The zero-order valence-corrected chi connectivity index (χ0v) is 17.8. The number of thiophene rings is 1. The van der Waals surface area contributed by atoms with E-state index in [0.717, 1.165) is 55.3 Å². The van der Waals surface area contributed by atoms with Crippen LogP contribution in [0.4, 0.5) is 5.69 Å². The summed E-state index contributed by atoms with van der Waals surface area (Å²) in [6.07, 6.45) is 0. The largest absolute Gasteiger partial charge is 0.497 e. The van der Waals surface area contributed by atoms with Crippen LogP contribution in [0.15, 0.2) is 63.3 Å². The number of hydrogen-bond donors (Lipinski definition) is 0. The molecule has 0 radical (unpaired) electrons. The van der Waals surface area contributed by atoms with Crippen molar-refractivity contribution in [1.82, 2.24) is 0 Å². The van der Waals surface area contributed by atoms with Crippen molar-refractivity contribution >= 4 is 27.8 Å². The summed E-state index contributed by atoms with van der Waals surface area (Å²) < 4.78 is 17.4. The van der Waals surface area contributed by atoms with Crippen LogP contribution in [0.1, 0.15) is 18.4 Å². The second-order valence-corrected chi connectivity index (χ2v) is 7.63. The first-order valence-electron chi connectivity index (χ1n) is 9.54. The second kappa shape index (κ2) is 8.13.